The van der Waals surface area contributed by atoms with Crippen molar-refractivity contribution in [2.75, 3.05) is 30.0 Å². The first-order valence-corrected chi connectivity index (χ1v) is 11.9. The van der Waals surface area contributed by atoms with E-state index in [9.17, 15) is 19.1 Å². The van der Waals surface area contributed by atoms with E-state index < -0.39 is 23.5 Å². The molecule has 1 fully saturated rings. The molecule has 0 aromatic heterocycles. The molecule has 0 radical (unpaired) electrons. The smallest absolute Gasteiger partial charge is 0.300 e. The van der Waals surface area contributed by atoms with E-state index in [2.05, 4.69) is 18.7 Å². The summed E-state index contributed by atoms with van der Waals surface area (Å²) in [5.41, 5.74) is 2.67. The molecule has 186 valence electrons. The lowest BCUT2D eigenvalue weighted by atomic mass is 9.94. The second kappa shape index (κ2) is 10.2. The van der Waals surface area contributed by atoms with Crippen LogP contribution in [0.3, 0.4) is 0 Å². The summed E-state index contributed by atoms with van der Waals surface area (Å²) in [4.78, 5) is 30.2. The number of amides is 1. The predicted molar refractivity (Wildman–Crippen MR) is 139 cm³/mol. The number of carbonyl (C=O) groups excluding carboxylic acids is 2. The number of carbonyl (C=O) groups is 2. The quantitative estimate of drug-likeness (QED) is 0.266. The number of rotatable bonds is 7. The molecule has 1 N–H and O–H groups in total. The number of nitrogens with zero attached hydrogens (tertiary/aromatic N) is 2. The Balaban J connectivity index is 1.91. The highest BCUT2D eigenvalue weighted by Gasteiger charge is 2.47. The topological polar surface area (TPSA) is 70.1 Å². The van der Waals surface area contributed by atoms with Gasteiger partial charge in [0.15, 0.2) is 0 Å². The van der Waals surface area contributed by atoms with Crippen molar-refractivity contribution in [3.63, 3.8) is 0 Å². The predicted octanol–water partition coefficient (Wildman–Crippen LogP) is 5.62. The van der Waals surface area contributed by atoms with E-state index >= 15 is 0 Å². The summed E-state index contributed by atoms with van der Waals surface area (Å²) in [7, 11) is 1.52. The van der Waals surface area contributed by atoms with E-state index in [1.807, 2.05) is 24.3 Å². The Morgan fingerprint density at radius 1 is 1.03 bits per heavy atom. The number of hydrogen-bond acceptors (Lipinski definition) is 5. The molecular formula is C29H29FN2O4. The summed E-state index contributed by atoms with van der Waals surface area (Å²) in [5.74, 6) is -1.82. The number of methoxy groups -OCH3 is 1. The standard InChI is InChI=1S/C29H29FN2O4/c1-5-31(6-2)21-13-10-19(11-14-21)26-25(27(33)20-12-15-24(30)18(3)16-20)28(34)29(35)32(26)22-8-7-9-23(17-22)36-4/h7-17,26,33H,5-6H2,1-4H3/b27-25+. The van der Waals surface area contributed by atoms with E-state index in [1.165, 1.54) is 30.2 Å². The van der Waals surface area contributed by atoms with Gasteiger partial charge in [0.25, 0.3) is 11.7 Å². The van der Waals surface area contributed by atoms with Gasteiger partial charge in [-0.15, -0.1) is 0 Å². The van der Waals surface area contributed by atoms with Crippen LogP contribution < -0.4 is 14.5 Å². The highest BCUT2D eigenvalue weighted by molar-refractivity contribution is 6.51. The monoisotopic (exact) mass is 488 g/mol. The maximum absolute atomic E-state index is 13.9. The number of anilines is 2. The van der Waals surface area contributed by atoms with Gasteiger partial charge in [-0.3, -0.25) is 14.5 Å². The molecule has 3 aromatic rings. The molecule has 1 unspecified atom stereocenters. The zero-order chi connectivity index (χ0) is 26.0. The Labute approximate surface area is 210 Å². The number of hydrogen-bond donors (Lipinski definition) is 1. The second-order valence-corrected chi connectivity index (χ2v) is 8.60. The third kappa shape index (κ3) is 4.44. The first kappa shape index (κ1) is 25.0. The zero-order valence-corrected chi connectivity index (χ0v) is 20.8. The molecule has 1 atom stereocenters. The van der Waals surface area contributed by atoms with Crippen LogP contribution in [0, 0.1) is 12.7 Å². The number of Topliss-reactive ketones (excluding diaryl/α,β-unsaturated/α-hetero) is 1. The van der Waals surface area contributed by atoms with Gasteiger partial charge in [-0.1, -0.05) is 18.2 Å². The Morgan fingerprint density at radius 2 is 1.72 bits per heavy atom. The van der Waals surface area contributed by atoms with Crippen molar-refractivity contribution in [1.82, 2.24) is 0 Å². The van der Waals surface area contributed by atoms with E-state index in [4.69, 9.17) is 4.74 Å². The number of aliphatic hydroxyl groups is 1. The SMILES string of the molecule is CCN(CC)c1ccc(C2/C(=C(\O)c3ccc(F)c(C)c3)C(=O)C(=O)N2c2cccc(OC)c2)cc1. The van der Waals surface area contributed by atoms with Gasteiger partial charge in [0, 0.05) is 36.1 Å². The first-order chi connectivity index (χ1) is 17.3. The van der Waals surface area contributed by atoms with Crippen molar-refractivity contribution in [2.45, 2.75) is 26.8 Å². The molecule has 1 aliphatic rings. The molecule has 1 heterocycles. The van der Waals surface area contributed by atoms with Gasteiger partial charge in [-0.2, -0.15) is 0 Å². The van der Waals surface area contributed by atoms with Crippen LogP contribution in [-0.4, -0.2) is 37.0 Å². The van der Waals surface area contributed by atoms with Gasteiger partial charge < -0.3 is 14.7 Å². The molecule has 6 nitrogen and oxygen atoms in total. The van der Waals surface area contributed by atoms with Crippen molar-refractivity contribution in [3.05, 3.63) is 94.8 Å². The van der Waals surface area contributed by atoms with E-state index in [1.54, 1.807) is 31.2 Å². The van der Waals surface area contributed by atoms with Gasteiger partial charge in [-0.05, 0) is 74.4 Å². The van der Waals surface area contributed by atoms with Gasteiger partial charge in [-0.25, -0.2) is 4.39 Å². The Hall–Kier alpha value is -4.13. The van der Waals surface area contributed by atoms with Crippen LogP contribution in [0.5, 0.6) is 5.75 Å². The van der Waals surface area contributed by atoms with Crippen LogP contribution in [-0.2, 0) is 9.59 Å². The van der Waals surface area contributed by atoms with Crippen LogP contribution in [0.25, 0.3) is 5.76 Å². The third-order valence-electron chi connectivity index (χ3n) is 6.54. The van der Waals surface area contributed by atoms with E-state index in [0.29, 0.717) is 22.6 Å². The number of aryl methyl sites for hydroxylation is 1. The number of aliphatic hydroxyl groups excluding tert-OH is 1. The number of halogens is 1. The number of ether oxygens (including phenoxy) is 1. The van der Waals surface area contributed by atoms with Gasteiger partial charge >= 0.3 is 0 Å². The Kier molecular flexibility index (Phi) is 7.10. The summed E-state index contributed by atoms with van der Waals surface area (Å²) < 4.78 is 19.2. The molecular weight excluding hydrogens is 459 g/mol. The van der Waals surface area contributed by atoms with Crippen LogP contribution in [0.4, 0.5) is 15.8 Å². The third-order valence-corrected chi connectivity index (χ3v) is 6.54. The zero-order valence-electron chi connectivity index (χ0n) is 20.8. The molecule has 3 aromatic carbocycles. The molecule has 1 amide bonds. The average molecular weight is 489 g/mol. The molecule has 1 saturated heterocycles. The van der Waals surface area contributed by atoms with Gasteiger partial charge in [0.2, 0.25) is 0 Å². The van der Waals surface area contributed by atoms with Crippen LogP contribution in [0.2, 0.25) is 0 Å². The summed E-state index contributed by atoms with van der Waals surface area (Å²) in [6.07, 6.45) is 0. The lowest BCUT2D eigenvalue weighted by molar-refractivity contribution is -0.132. The van der Waals surface area contributed by atoms with Crippen molar-refractivity contribution < 1.29 is 23.8 Å². The molecule has 0 bridgehead atoms. The molecule has 0 saturated carbocycles. The minimum absolute atomic E-state index is 0.0515. The summed E-state index contributed by atoms with van der Waals surface area (Å²) in [6, 6.07) is 17.7. The Bertz CT molecular complexity index is 1330. The summed E-state index contributed by atoms with van der Waals surface area (Å²) in [6.45, 7) is 7.38. The molecule has 36 heavy (non-hydrogen) atoms. The molecule has 0 spiro atoms. The fraction of sp³-hybridized carbons (Fsp3) is 0.241. The lowest BCUT2D eigenvalue weighted by Crippen LogP contribution is -2.29. The fourth-order valence-corrected chi connectivity index (χ4v) is 4.58. The maximum Gasteiger partial charge on any atom is 0.300 e. The first-order valence-electron chi connectivity index (χ1n) is 11.9. The molecule has 4 rings (SSSR count). The second-order valence-electron chi connectivity index (χ2n) is 8.60. The molecule has 7 heteroatoms. The van der Waals surface area contributed by atoms with Crippen LogP contribution in [0.1, 0.15) is 36.6 Å². The van der Waals surface area contributed by atoms with Crippen LogP contribution >= 0.6 is 0 Å². The van der Waals surface area contributed by atoms with Crippen molar-refractivity contribution in [2.24, 2.45) is 0 Å². The lowest BCUT2D eigenvalue weighted by Gasteiger charge is -2.27. The molecule has 0 aliphatic carbocycles. The highest BCUT2D eigenvalue weighted by Crippen LogP contribution is 2.43. The number of ketones is 1. The van der Waals surface area contributed by atoms with Gasteiger partial charge in [0.1, 0.15) is 17.3 Å². The van der Waals surface area contributed by atoms with Crippen molar-refractivity contribution in [3.8, 4) is 5.75 Å². The largest absolute Gasteiger partial charge is 0.507 e. The number of benzene rings is 3. The Morgan fingerprint density at radius 3 is 2.33 bits per heavy atom. The normalized spacial score (nSPS) is 16.9. The highest BCUT2D eigenvalue weighted by atomic mass is 19.1. The maximum atomic E-state index is 13.9. The fourth-order valence-electron chi connectivity index (χ4n) is 4.58. The molecule has 1 aliphatic heterocycles. The van der Waals surface area contributed by atoms with Crippen molar-refractivity contribution in [1.29, 1.82) is 0 Å². The summed E-state index contributed by atoms with van der Waals surface area (Å²) in [5, 5.41) is 11.3. The minimum Gasteiger partial charge on any atom is -0.507 e. The average Bonchev–Trinajstić information content (AvgIpc) is 3.16. The minimum atomic E-state index is -0.881. The summed E-state index contributed by atoms with van der Waals surface area (Å²) >= 11 is 0. The van der Waals surface area contributed by atoms with E-state index in [0.717, 1.165) is 18.8 Å². The van der Waals surface area contributed by atoms with Crippen LogP contribution in [0.15, 0.2) is 72.3 Å². The van der Waals surface area contributed by atoms with Gasteiger partial charge in [0.05, 0.1) is 18.7 Å². The van der Waals surface area contributed by atoms with Crippen molar-refractivity contribution >= 4 is 28.8 Å². The van der Waals surface area contributed by atoms with E-state index in [-0.39, 0.29) is 16.9 Å².